The van der Waals surface area contributed by atoms with E-state index >= 15 is 0 Å². The fraction of sp³-hybridized carbons (Fsp3) is 0.167. The van der Waals surface area contributed by atoms with Crippen LogP contribution in [-0.2, 0) is 0 Å². The molecule has 0 bridgehead atoms. The molecule has 0 saturated heterocycles. The average molecular weight is 231 g/mol. The lowest BCUT2D eigenvalue weighted by Crippen LogP contribution is -2.07. The topological polar surface area (TPSA) is 81.1 Å². The number of rotatable bonds is 2. The third-order valence-corrected chi connectivity index (χ3v) is 2.82. The summed E-state index contributed by atoms with van der Waals surface area (Å²) in [7, 11) is 0. The van der Waals surface area contributed by atoms with Gasteiger partial charge < -0.3 is 15.4 Å². The quantitative estimate of drug-likeness (QED) is 0.772. The van der Waals surface area contributed by atoms with Gasteiger partial charge in [0.1, 0.15) is 0 Å². The third kappa shape index (κ3) is 1.75. The van der Waals surface area contributed by atoms with Crippen LogP contribution in [0.2, 0.25) is 0 Å². The third-order valence-electron chi connectivity index (χ3n) is 2.82. The minimum atomic E-state index is -1.03. The van der Waals surface area contributed by atoms with Crippen LogP contribution in [0.4, 0.5) is 5.69 Å². The maximum Gasteiger partial charge on any atom is 0.337 e. The molecule has 5 nitrogen and oxygen atoms in total. The monoisotopic (exact) mass is 231 g/mol. The van der Waals surface area contributed by atoms with E-state index in [9.17, 15) is 4.79 Å². The SMILES string of the molecule is Cc1ncn(-c2cccc(C(=O)O)c2N)c1C. The molecule has 3 N–H and O–H groups in total. The van der Waals surface area contributed by atoms with Crippen molar-refractivity contribution in [2.24, 2.45) is 0 Å². The number of hydrogen-bond acceptors (Lipinski definition) is 3. The molecule has 17 heavy (non-hydrogen) atoms. The lowest BCUT2D eigenvalue weighted by molar-refractivity contribution is 0.0698. The number of benzene rings is 1. The average Bonchev–Trinajstić information content (AvgIpc) is 2.60. The van der Waals surface area contributed by atoms with Crippen molar-refractivity contribution in [3.8, 4) is 5.69 Å². The van der Waals surface area contributed by atoms with Crippen LogP contribution >= 0.6 is 0 Å². The molecular formula is C12H13N3O2. The molecule has 0 atom stereocenters. The van der Waals surface area contributed by atoms with Crippen molar-refractivity contribution >= 4 is 11.7 Å². The fourth-order valence-electron chi connectivity index (χ4n) is 1.69. The first-order chi connectivity index (χ1) is 8.02. The molecular weight excluding hydrogens is 218 g/mol. The van der Waals surface area contributed by atoms with Crippen LogP contribution in [0, 0.1) is 13.8 Å². The Kier molecular flexibility index (Phi) is 2.59. The highest BCUT2D eigenvalue weighted by atomic mass is 16.4. The van der Waals surface area contributed by atoms with Crippen molar-refractivity contribution in [1.82, 2.24) is 9.55 Å². The summed E-state index contributed by atoms with van der Waals surface area (Å²) in [6.07, 6.45) is 1.64. The molecule has 0 amide bonds. The van der Waals surface area contributed by atoms with Crippen molar-refractivity contribution in [1.29, 1.82) is 0 Å². The van der Waals surface area contributed by atoms with Gasteiger partial charge in [0.15, 0.2) is 0 Å². The molecule has 88 valence electrons. The van der Waals surface area contributed by atoms with Gasteiger partial charge >= 0.3 is 5.97 Å². The van der Waals surface area contributed by atoms with Crippen LogP contribution in [0.5, 0.6) is 0 Å². The summed E-state index contributed by atoms with van der Waals surface area (Å²) < 4.78 is 1.79. The maximum absolute atomic E-state index is 11.0. The zero-order valence-corrected chi connectivity index (χ0v) is 9.64. The van der Waals surface area contributed by atoms with Crippen LogP contribution in [0.25, 0.3) is 5.69 Å². The lowest BCUT2D eigenvalue weighted by atomic mass is 10.1. The number of nitrogen functional groups attached to an aromatic ring is 1. The Morgan fingerprint density at radius 2 is 2.12 bits per heavy atom. The molecule has 0 aliphatic heterocycles. The summed E-state index contributed by atoms with van der Waals surface area (Å²) in [5, 5.41) is 9.01. The second kappa shape index (κ2) is 3.93. The number of imidazole rings is 1. The van der Waals surface area contributed by atoms with E-state index in [1.807, 2.05) is 13.8 Å². The van der Waals surface area contributed by atoms with Gasteiger partial charge in [-0.2, -0.15) is 0 Å². The van der Waals surface area contributed by atoms with Crippen molar-refractivity contribution in [3.05, 3.63) is 41.5 Å². The smallest absolute Gasteiger partial charge is 0.337 e. The Morgan fingerprint density at radius 3 is 2.65 bits per heavy atom. The van der Waals surface area contributed by atoms with Crippen molar-refractivity contribution in [2.45, 2.75) is 13.8 Å². The number of carbonyl (C=O) groups is 1. The van der Waals surface area contributed by atoms with Crippen LogP contribution < -0.4 is 5.73 Å². The van der Waals surface area contributed by atoms with Crippen LogP contribution in [0.3, 0.4) is 0 Å². The molecule has 5 heteroatoms. The number of aromatic nitrogens is 2. The second-order valence-electron chi connectivity index (χ2n) is 3.83. The Morgan fingerprint density at radius 1 is 1.41 bits per heavy atom. The zero-order chi connectivity index (χ0) is 12.6. The van der Waals surface area contributed by atoms with Crippen LogP contribution in [0.15, 0.2) is 24.5 Å². The first kappa shape index (κ1) is 11.2. The summed E-state index contributed by atoms with van der Waals surface area (Å²) >= 11 is 0. The summed E-state index contributed by atoms with van der Waals surface area (Å²) in [5.74, 6) is -1.03. The Labute approximate surface area is 98.5 Å². The molecule has 1 aromatic heterocycles. The first-order valence-electron chi connectivity index (χ1n) is 5.15. The zero-order valence-electron chi connectivity index (χ0n) is 9.64. The standard InChI is InChI=1S/C12H13N3O2/c1-7-8(2)15(6-14-7)10-5-3-4-9(11(10)13)12(16)17/h3-6H,13H2,1-2H3,(H,16,17). The number of aryl methyl sites for hydroxylation is 1. The van der Waals surface area contributed by atoms with Gasteiger partial charge in [0.25, 0.3) is 0 Å². The normalized spacial score (nSPS) is 10.5. The summed E-state index contributed by atoms with van der Waals surface area (Å²) in [5.41, 5.74) is 8.70. The summed E-state index contributed by atoms with van der Waals surface area (Å²) in [6, 6.07) is 4.93. The van der Waals surface area contributed by atoms with Crippen molar-refractivity contribution < 1.29 is 9.90 Å². The molecule has 0 saturated carbocycles. The van der Waals surface area contributed by atoms with Gasteiger partial charge in [-0.25, -0.2) is 9.78 Å². The minimum absolute atomic E-state index is 0.105. The molecule has 2 rings (SSSR count). The molecule has 0 aliphatic rings. The van der Waals surface area contributed by atoms with Gasteiger partial charge in [-0.1, -0.05) is 6.07 Å². The number of carboxylic acid groups (broad SMARTS) is 1. The van der Waals surface area contributed by atoms with Gasteiger partial charge in [0.2, 0.25) is 0 Å². The minimum Gasteiger partial charge on any atom is -0.478 e. The van der Waals surface area contributed by atoms with Crippen molar-refractivity contribution in [2.75, 3.05) is 5.73 Å². The molecule has 1 heterocycles. The Bertz CT molecular complexity index is 587. The van der Waals surface area contributed by atoms with E-state index in [1.165, 1.54) is 6.07 Å². The van der Waals surface area contributed by atoms with Gasteiger partial charge in [-0.3, -0.25) is 0 Å². The lowest BCUT2D eigenvalue weighted by Gasteiger charge is -2.10. The number of nitrogens with two attached hydrogens (primary N) is 1. The summed E-state index contributed by atoms with van der Waals surface area (Å²) in [6.45, 7) is 3.80. The van der Waals surface area contributed by atoms with E-state index < -0.39 is 5.97 Å². The number of anilines is 1. The highest BCUT2D eigenvalue weighted by Crippen LogP contribution is 2.23. The first-order valence-corrected chi connectivity index (χ1v) is 5.15. The number of nitrogens with zero attached hydrogens (tertiary/aromatic N) is 2. The van der Waals surface area contributed by atoms with E-state index in [0.717, 1.165) is 11.4 Å². The highest BCUT2D eigenvalue weighted by Gasteiger charge is 2.13. The molecule has 0 aliphatic carbocycles. The predicted octanol–water partition coefficient (Wildman–Crippen LogP) is 1.77. The van der Waals surface area contributed by atoms with Crippen molar-refractivity contribution in [3.63, 3.8) is 0 Å². The predicted molar refractivity (Wildman–Crippen MR) is 64.4 cm³/mol. The number of para-hydroxylation sites is 1. The fourth-order valence-corrected chi connectivity index (χ4v) is 1.69. The Hall–Kier alpha value is -2.30. The van der Waals surface area contributed by atoms with Gasteiger partial charge in [-0.05, 0) is 26.0 Å². The van der Waals surface area contributed by atoms with E-state index in [0.29, 0.717) is 5.69 Å². The van der Waals surface area contributed by atoms with Gasteiger partial charge in [0, 0.05) is 5.69 Å². The molecule has 0 radical (unpaired) electrons. The molecule has 0 spiro atoms. The van der Waals surface area contributed by atoms with Gasteiger partial charge in [0.05, 0.1) is 29.0 Å². The van der Waals surface area contributed by atoms with Crippen LogP contribution in [-0.4, -0.2) is 20.6 Å². The molecule has 0 unspecified atom stereocenters. The van der Waals surface area contributed by atoms with E-state index in [1.54, 1.807) is 23.0 Å². The summed E-state index contributed by atoms with van der Waals surface area (Å²) in [4.78, 5) is 15.2. The molecule has 0 fully saturated rings. The maximum atomic E-state index is 11.0. The Balaban J connectivity index is 2.65. The molecule has 1 aromatic carbocycles. The number of aromatic carboxylic acids is 1. The number of carboxylic acids is 1. The van der Waals surface area contributed by atoms with E-state index in [-0.39, 0.29) is 11.3 Å². The van der Waals surface area contributed by atoms with E-state index in [2.05, 4.69) is 4.98 Å². The number of hydrogen-bond donors (Lipinski definition) is 2. The van der Waals surface area contributed by atoms with Crippen LogP contribution in [0.1, 0.15) is 21.7 Å². The molecule has 2 aromatic rings. The largest absolute Gasteiger partial charge is 0.478 e. The highest BCUT2D eigenvalue weighted by molar-refractivity contribution is 5.95. The van der Waals surface area contributed by atoms with Gasteiger partial charge in [-0.15, -0.1) is 0 Å². The van der Waals surface area contributed by atoms with E-state index in [4.69, 9.17) is 10.8 Å². The second-order valence-corrected chi connectivity index (χ2v) is 3.83.